The molecule has 1 heterocycles. The number of alkyl halides is 2. The van der Waals surface area contributed by atoms with Gasteiger partial charge in [0.05, 0.1) is 18.8 Å². The summed E-state index contributed by atoms with van der Waals surface area (Å²) in [6, 6.07) is 0. The summed E-state index contributed by atoms with van der Waals surface area (Å²) < 4.78 is 29.7. The third-order valence-corrected chi connectivity index (χ3v) is 3.53. The Kier molecular flexibility index (Phi) is 6.45. The van der Waals surface area contributed by atoms with Crippen LogP contribution in [0.2, 0.25) is 0 Å². The van der Waals surface area contributed by atoms with Crippen LogP contribution in [0.5, 0.6) is 0 Å². The zero-order valence-electron chi connectivity index (χ0n) is 10.9. The van der Waals surface area contributed by atoms with Crippen molar-refractivity contribution in [3.05, 3.63) is 10.6 Å². The molecule has 104 valence electrons. The van der Waals surface area contributed by atoms with E-state index in [4.69, 9.17) is 4.74 Å². The maximum atomic E-state index is 12.3. The Morgan fingerprint density at radius 1 is 1.50 bits per heavy atom. The highest BCUT2D eigenvalue weighted by Gasteiger charge is 2.16. The Bertz CT molecular complexity index is 360. The third-order valence-electron chi connectivity index (χ3n) is 2.32. The minimum absolute atomic E-state index is 0.305. The van der Waals surface area contributed by atoms with Gasteiger partial charge in [-0.3, -0.25) is 0 Å². The van der Waals surface area contributed by atoms with Crippen molar-refractivity contribution in [2.24, 2.45) is 0 Å². The van der Waals surface area contributed by atoms with Crippen molar-refractivity contribution >= 4 is 16.5 Å². The predicted molar refractivity (Wildman–Crippen MR) is 69.5 cm³/mol. The average Bonchev–Trinajstić information content (AvgIpc) is 2.69. The van der Waals surface area contributed by atoms with Gasteiger partial charge in [-0.1, -0.05) is 6.92 Å². The highest BCUT2D eigenvalue weighted by Crippen LogP contribution is 2.26. The summed E-state index contributed by atoms with van der Waals surface area (Å²) in [4.78, 5) is 6.86. The number of hydrogen-bond donors (Lipinski definition) is 1. The summed E-state index contributed by atoms with van der Waals surface area (Å²) in [5, 5.41) is 3.81. The van der Waals surface area contributed by atoms with Crippen LogP contribution in [0.3, 0.4) is 0 Å². The van der Waals surface area contributed by atoms with Gasteiger partial charge in [0.1, 0.15) is 0 Å². The molecule has 0 amide bonds. The van der Waals surface area contributed by atoms with Crippen LogP contribution in [0.4, 0.5) is 13.9 Å². The predicted octanol–water partition coefficient (Wildman–Crippen LogP) is 2.10. The third kappa shape index (κ3) is 4.47. The molecule has 0 aliphatic carbocycles. The monoisotopic (exact) mass is 279 g/mol. The fraction of sp³-hybridized carbons (Fsp3) is 0.727. The maximum absolute atomic E-state index is 12.3. The lowest BCUT2D eigenvalue weighted by Gasteiger charge is -2.14. The van der Waals surface area contributed by atoms with Gasteiger partial charge in [-0.2, -0.15) is 0 Å². The number of rotatable bonds is 8. The summed E-state index contributed by atoms with van der Waals surface area (Å²) in [7, 11) is 3.22. The van der Waals surface area contributed by atoms with Crippen LogP contribution in [-0.4, -0.2) is 38.7 Å². The molecule has 0 spiro atoms. The molecule has 0 aliphatic heterocycles. The quantitative estimate of drug-likeness (QED) is 0.791. The van der Waals surface area contributed by atoms with Crippen molar-refractivity contribution < 1.29 is 13.5 Å². The average molecular weight is 279 g/mol. The Balaban J connectivity index is 2.79. The van der Waals surface area contributed by atoms with Gasteiger partial charge < -0.3 is 15.0 Å². The molecule has 0 aliphatic rings. The van der Waals surface area contributed by atoms with Gasteiger partial charge in [0.15, 0.2) is 5.13 Å². The van der Waals surface area contributed by atoms with E-state index >= 15 is 0 Å². The highest BCUT2D eigenvalue weighted by atomic mass is 32.1. The first-order chi connectivity index (χ1) is 8.58. The van der Waals surface area contributed by atoms with Gasteiger partial charge in [-0.05, 0) is 6.54 Å². The summed E-state index contributed by atoms with van der Waals surface area (Å²) >= 11 is 1.43. The summed E-state index contributed by atoms with van der Waals surface area (Å²) in [6.07, 6.45) is -2.36. The SMILES string of the molecule is CCNCc1sc(N(C)CC(F)F)nc1COC. The number of ether oxygens (including phenoxy) is 1. The molecule has 18 heavy (non-hydrogen) atoms. The molecule has 1 aromatic rings. The number of nitrogens with one attached hydrogen (secondary N) is 1. The summed E-state index contributed by atoms with van der Waals surface area (Å²) in [6.45, 7) is 3.66. The highest BCUT2D eigenvalue weighted by molar-refractivity contribution is 7.15. The second-order valence-electron chi connectivity index (χ2n) is 3.85. The van der Waals surface area contributed by atoms with Crippen molar-refractivity contribution in [3.63, 3.8) is 0 Å². The topological polar surface area (TPSA) is 37.4 Å². The fourth-order valence-electron chi connectivity index (χ4n) is 1.44. The van der Waals surface area contributed by atoms with Crippen molar-refractivity contribution in [1.29, 1.82) is 0 Å². The number of halogens is 2. The van der Waals surface area contributed by atoms with Gasteiger partial charge >= 0.3 is 0 Å². The molecule has 0 saturated carbocycles. The molecule has 0 aromatic carbocycles. The Morgan fingerprint density at radius 2 is 2.22 bits per heavy atom. The molecule has 1 rings (SSSR count). The molecule has 0 radical (unpaired) electrons. The normalized spacial score (nSPS) is 11.2. The van der Waals surface area contributed by atoms with Crippen molar-refractivity contribution in [2.75, 3.05) is 32.1 Å². The van der Waals surface area contributed by atoms with Crippen LogP contribution in [0.25, 0.3) is 0 Å². The molecule has 0 saturated heterocycles. The van der Waals surface area contributed by atoms with E-state index in [1.165, 1.54) is 16.2 Å². The van der Waals surface area contributed by atoms with Crippen molar-refractivity contribution in [2.45, 2.75) is 26.5 Å². The molecule has 4 nitrogen and oxygen atoms in total. The number of methoxy groups -OCH3 is 1. The zero-order chi connectivity index (χ0) is 13.5. The molecule has 1 aromatic heterocycles. The van der Waals surface area contributed by atoms with Crippen LogP contribution in [0, 0.1) is 0 Å². The lowest BCUT2D eigenvalue weighted by atomic mass is 10.3. The molecular formula is C11H19F2N3OS. The lowest BCUT2D eigenvalue weighted by Crippen LogP contribution is -2.23. The first kappa shape index (κ1) is 15.3. The Labute approximate surface area is 110 Å². The van der Waals surface area contributed by atoms with E-state index in [0.29, 0.717) is 18.3 Å². The minimum atomic E-state index is -2.36. The zero-order valence-corrected chi connectivity index (χ0v) is 11.7. The van der Waals surface area contributed by atoms with Gasteiger partial charge in [0, 0.05) is 25.6 Å². The first-order valence-corrected chi connectivity index (χ1v) is 6.57. The van der Waals surface area contributed by atoms with E-state index < -0.39 is 6.43 Å². The van der Waals surface area contributed by atoms with E-state index in [2.05, 4.69) is 10.3 Å². The first-order valence-electron chi connectivity index (χ1n) is 5.76. The largest absolute Gasteiger partial charge is 0.378 e. The van der Waals surface area contributed by atoms with Crippen molar-refractivity contribution in [3.8, 4) is 0 Å². The Hall–Kier alpha value is -0.790. The van der Waals surface area contributed by atoms with Gasteiger partial charge in [-0.25, -0.2) is 13.8 Å². The standard InChI is InChI=1S/C11H19F2N3OS/c1-4-14-5-9-8(7-17-3)15-11(18-9)16(2)6-10(12)13/h10,14H,4-7H2,1-3H3. The second kappa shape index (κ2) is 7.60. The van der Waals surface area contributed by atoms with E-state index in [9.17, 15) is 8.78 Å². The van der Waals surface area contributed by atoms with E-state index in [1.54, 1.807) is 14.2 Å². The van der Waals surface area contributed by atoms with Crippen LogP contribution in [-0.2, 0) is 17.9 Å². The number of anilines is 1. The number of thiazole rings is 1. The second-order valence-corrected chi connectivity index (χ2v) is 4.91. The number of nitrogens with zero attached hydrogens (tertiary/aromatic N) is 2. The molecule has 1 N–H and O–H groups in total. The van der Waals surface area contributed by atoms with Gasteiger partial charge in [0.2, 0.25) is 0 Å². The fourth-order valence-corrected chi connectivity index (χ4v) is 2.45. The Morgan fingerprint density at radius 3 is 2.78 bits per heavy atom. The molecule has 7 heteroatoms. The molecule has 0 unspecified atom stereocenters. The molecule has 0 bridgehead atoms. The van der Waals surface area contributed by atoms with E-state index in [1.807, 2.05) is 6.92 Å². The van der Waals surface area contributed by atoms with Crippen LogP contribution >= 0.6 is 11.3 Å². The number of aromatic nitrogens is 1. The maximum Gasteiger partial charge on any atom is 0.255 e. The molecule has 0 fully saturated rings. The van der Waals surface area contributed by atoms with Crippen LogP contribution in [0.1, 0.15) is 17.5 Å². The van der Waals surface area contributed by atoms with Crippen LogP contribution in [0.15, 0.2) is 0 Å². The smallest absolute Gasteiger partial charge is 0.255 e. The summed E-state index contributed by atoms with van der Waals surface area (Å²) in [5.41, 5.74) is 0.819. The van der Waals surface area contributed by atoms with E-state index in [0.717, 1.165) is 17.1 Å². The van der Waals surface area contributed by atoms with E-state index in [-0.39, 0.29) is 6.54 Å². The lowest BCUT2D eigenvalue weighted by molar-refractivity contribution is 0.156. The molecular weight excluding hydrogens is 260 g/mol. The summed E-state index contributed by atoms with van der Waals surface area (Å²) in [5.74, 6) is 0. The minimum Gasteiger partial charge on any atom is -0.378 e. The molecule has 0 atom stereocenters. The van der Waals surface area contributed by atoms with Crippen LogP contribution < -0.4 is 10.2 Å². The van der Waals surface area contributed by atoms with Gasteiger partial charge in [0.25, 0.3) is 6.43 Å². The van der Waals surface area contributed by atoms with Gasteiger partial charge in [-0.15, -0.1) is 11.3 Å². The number of hydrogen-bond acceptors (Lipinski definition) is 5. The van der Waals surface area contributed by atoms with Crippen molar-refractivity contribution in [1.82, 2.24) is 10.3 Å².